The van der Waals surface area contributed by atoms with Gasteiger partial charge in [0.25, 0.3) is 0 Å². The Morgan fingerprint density at radius 1 is 1.26 bits per heavy atom. The van der Waals surface area contributed by atoms with Gasteiger partial charge in [0.2, 0.25) is 23.4 Å². The smallest absolute Gasteiger partial charge is 0.323 e. The van der Waals surface area contributed by atoms with Crippen molar-refractivity contribution in [3.8, 4) is 11.6 Å². The van der Waals surface area contributed by atoms with Gasteiger partial charge in [-0.2, -0.15) is 4.98 Å². The molecule has 1 saturated carbocycles. The first-order valence-electron chi connectivity index (χ1n) is 7.24. The van der Waals surface area contributed by atoms with E-state index in [-0.39, 0.29) is 37.2 Å². The Morgan fingerprint density at radius 3 is 2.65 bits per heavy atom. The van der Waals surface area contributed by atoms with E-state index in [0.29, 0.717) is 11.7 Å². The molecule has 1 fully saturated rings. The van der Waals surface area contributed by atoms with Gasteiger partial charge in [-0.05, 0) is 18.9 Å². The number of nitrogens with zero attached hydrogens (tertiary/aromatic N) is 5. The summed E-state index contributed by atoms with van der Waals surface area (Å²) in [4.78, 5) is 36.6. The Bertz CT molecular complexity index is 698. The number of aromatic nitrogens is 4. The lowest BCUT2D eigenvalue weighted by Gasteiger charge is -2.19. The predicted molar refractivity (Wildman–Crippen MR) is 76.0 cm³/mol. The summed E-state index contributed by atoms with van der Waals surface area (Å²) in [6, 6.07) is 1.73. The monoisotopic (exact) mass is 317 g/mol. The average Bonchev–Trinajstić information content (AvgIpc) is 3.28. The van der Waals surface area contributed by atoms with Crippen LogP contribution in [0.3, 0.4) is 0 Å². The van der Waals surface area contributed by atoms with E-state index in [1.807, 2.05) is 0 Å². The van der Waals surface area contributed by atoms with Crippen LogP contribution in [0.25, 0.3) is 11.6 Å². The summed E-state index contributed by atoms with van der Waals surface area (Å²) in [5.41, 5.74) is 0. The minimum atomic E-state index is -1.01. The fourth-order valence-corrected chi connectivity index (χ4v) is 2.17. The van der Waals surface area contributed by atoms with Crippen molar-refractivity contribution in [2.45, 2.75) is 31.7 Å². The molecule has 0 spiro atoms. The molecule has 9 nitrogen and oxygen atoms in total. The number of aliphatic carboxylic acids is 1. The van der Waals surface area contributed by atoms with Crippen LogP contribution in [0.2, 0.25) is 0 Å². The quantitative estimate of drug-likeness (QED) is 0.784. The summed E-state index contributed by atoms with van der Waals surface area (Å²) in [7, 11) is 0. The third-order valence-electron chi connectivity index (χ3n) is 3.40. The summed E-state index contributed by atoms with van der Waals surface area (Å²) in [6.45, 7) is -0.267. The van der Waals surface area contributed by atoms with Gasteiger partial charge in [-0.3, -0.25) is 9.59 Å². The fraction of sp³-hybridized carbons (Fsp3) is 0.429. The number of aryl methyl sites for hydroxylation is 1. The lowest BCUT2D eigenvalue weighted by molar-refractivity contribution is -0.144. The Morgan fingerprint density at radius 2 is 2.00 bits per heavy atom. The molecule has 1 N–H and O–H groups in total. The van der Waals surface area contributed by atoms with Gasteiger partial charge >= 0.3 is 5.97 Å². The zero-order valence-corrected chi connectivity index (χ0v) is 12.3. The maximum atomic E-state index is 12.2. The summed E-state index contributed by atoms with van der Waals surface area (Å²) in [5, 5.41) is 12.7. The van der Waals surface area contributed by atoms with Crippen molar-refractivity contribution in [3.05, 3.63) is 24.4 Å². The second-order valence-electron chi connectivity index (χ2n) is 5.23. The lowest BCUT2D eigenvalue weighted by atomic mass is 10.2. The van der Waals surface area contributed by atoms with Crippen LogP contribution in [0.5, 0.6) is 0 Å². The number of rotatable bonds is 7. The highest BCUT2D eigenvalue weighted by atomic mass is 16.5. The predicted octanol–water partition coefficient (Wildman–Crippen LogP) is 0.535. The second-order valence-corrected chi connectivity index (χ2v) is 5.23. The first kappa shape index (κ1) is 15.1. The van der Waals surface area contributed by atoms with Crippen molar-refractivity contribution < 1.29 is 19.2 Å². The maximum absolute atomic E-state index is 12.2. The van der Waals surface area contributed by atoms with Crippen molar-refractivity contribution in [3.63, 3.8) is 0 Å². The molecule has 1 aliphatic carbocycles. The molecule has 0 aromatic carbocycles. The normalized spacial score (nSPS) is 13.7. The molecule has 0 aliphatic heterocycles. The van der Waals surface area contributed by atoms with Gasteiger partial charge in [0.15, 0.2) is 0 Å². The molecule has 0 atom stereocenters. The van der Waals surface area contributed by atoms with E-state index in [4.69, 9.17) is 9.63 Å². The highest BCUT2D eigenvalue weighted by molar-refractivity contribution is 5.82. The first-order valence-corrected chi connectivity index (χ1v) is 7.24. The molecule has 3 rings (SSSR count). The molecule has 0 radical (unpaired) electrons. The standard InChI is InChI=1S/C14H15N5O4/c20-11(19(8-12(21)22)9-2-3-9)5-4-10-17-14(18-23-10)13-15-6-1-7-16-13/h1,6-7,9H,2-5,8H2,(H,21,22). The summed E-state index contributed by atoms with van der Waals surface area (Å²) in [5.74, 6) is -0.319. The molecule has 0 unspecified atom stereocenters. The van der Waals surface area contributed by atoms with Gasteiger partial charge in [-0.25, -0.2) is 9.97 Å². The molecule has 2 aromatic heterocycles. The van der Waals surface area contributed by atoms with Crippen LogP contribution in [0.1, 0.15) is 25.2 Å². The third-order valence-corrected chi connectivity index (χ3v) is 3.40. The van der Waals surface area contributed by atoms with Crippen LogP contribution in [0, 0.1) is 0 Å². The maximum Gasteiger partial charge on any atom is 0.323 e. The number of carbonyl (C=O) groups is 2. The first-order chi connectivity index (χ1) is 11.1. The van der Waals surface area contributed by atoms with Crippen LogP contribution in [-0.4, -0.2) is 54.6 Å². The minimum absolute atomic E-state index is 0.0505. The molecule has 2 aromatic rings. The minimum Gasteiger partial charge on any atom is -0.480 e. The molecule has 0 bridgehead atoms. The van der Waals surface area contributed by atoms with E-state index in [1.54, 1.807) is 18.5 Å². The fourth-order valence-electron chi connectivity index (χ4n) is 2.17. The molecular weight excluding hydrogens is 302 g/mol. The Hall–Kier alpha value is -2.84. The number of amides is 1. The van der Waals surface area contributed by atoms with Gasteiger partial charge in [0.05, 0.1) is 0 Å². The molecule has 23 heavy (non-hydrogen) atoms. The van der Waals surface area contributed by atoms with Crippen LogP contribution in [0.4, 0.5) is 0 Å². The number of carboxylic acid groups (broad SMARTS) is 1. The van der Waals surface area contributed by atoms with Crippen LogP contribution < -0.4 is 0 Å². The summed E-state index contributed by atoms with van der Waals surface area (Å²) >= 11 is 0. The molecule has 0 saturated heterocycles. The highest BCUT2D eigenvalue weighted by Gasteiger charge is 2.33. The number of hydrogen-bond acceptors (Lipinski definition) is 7. The SMILES string of the molecule is O=C(O)CN(C(=O)CCc1nc(-c2ncccn2)no1)C1CC1. The second kappa shape index (κ2) is 6.51. The summed E-state index contributed by atoms with van der Waals surface area (Å²) in [6.07, 6.45) is 5.23. The van der Waals surface area contributed by atoms with E-state index in [9.17, 15) is 9.59 Å². The Labute approximate surface area is 131 Å². The van der Waals surface area contributed by atoms with Crippen molar-refractivity contribution >= 4 is 11.9 Å². The van der Waals surface area contributed by atoms with Crippen molar-refractivity contribution in [2.24, 2.45) is 0 Å². The third kappa shape index (κ3) is 3.87. The van der Waals surface area contributed by atoms with Crippen LogP contribution in [-0.2, 0) is 16.0 Å². The van der Waals surface area contributed by atoms with Crippen molar-refractivity contribution in [2.75, 3.05) is 6.54 Å². The van der Waals surface area contributed by atoms with E-state index < -0.39 is 5.97 Å². The Kier molecular flexibility index (Phi) is 4.26. The van der Waals surface area contributed by atoms with Gasteiger partial charge < -0.3 is 14.5 Å². The van der Waals surface area contributed by atoms with Crippen LogP contribution >= 0.6 is 0 Å². The molecule has 1 aliphatic rings. The van der Waals surface area contributed by atoms with Crippen molar-refractivity contribution in [1.29, 1.82) is 0 Å². The average molecular weight is 317 g/mol. The number of carboxylic acids is 1. The van der Waals surface area contributed by atoms with Gasteiger partial charge in [0, 0.05) is 31.3 Å². The van der Waals surface area contributed by atoms with E-state index >= 15 is 0 Å². The van der Waals surface area contributed by atoms with Gasteiger partial charge in [-0.15, -0.1) is 0 Å². The van der Waals surface area contributed by atoms with Gasteiger partial charge in [0.1, 0.15) is 6.54 Å². The lowest BCUT2D eigenvalue weighted by Crippen LogP contribution is -2.37. The molecule has 2 heterocycles. The number of hydrogen-bond donors (Lipinski definition) is 1. The number of carbonyl (C=O) groups excluding carboxylic acids is 1. The van der Waals surface area contributed by atoms with E-state index in [2.05, 4.69) is 20.1 Å². The molecular formula is C14H15N5O4. The molecule has 1 amide bonds. The van der Waals surface area contributed by atoms with E-state index in [1.165, 1.54) is 4.90 Å². The Balaban J connectivity index is 1.58. The zero-order valence-electron chi connectivity index (χ0n) is 12.3. The van der Waals surface area contributed by atoms with Crippen LogP contribution in [0.15, 0.2) is 23.0 Å². The zero-order chi connectivity index (χ0) is 16.2. The molecule has 120 valence electrons. The molecule has 9 heteroatoms. The van der Waals surface area contributed by atoms with Crippen molar-refractivity contribution in [1.82, 2.24) is 25.0 Å². The largest absolute Gasteiger partial charge is 0.480 e. The highest BCUT2D eigenvalue weighted by Crippen LogP contribution is 2.27. The van der Waals surface area contributed by atoms with Gasteiger partial charge in [-0.1, -0.05) is 5.16 Å². The summed E-state index contributed by atoms with van der Waals surface area (Å²) < 4.78 is 5.08. The van der Waals surface area contributed by atoms with E-state index in [0.717, 1.165) is 12.8 Å². The topological polar surface area (TPSA) is 122 Å².